The van der Waals surface area contributed by atoms with E-state index in [2.05, 4.69) is 25.6 Å². The van der Waals surface area contributed by atoms with Crippen LogP contribution in [0.3, 0.4) is 0 Å². The first-order valence-corrected chi connectivity index (χ1v) is 7.72. The first kappa shape index (κ1) is 16.8. The highest BCUT2D eigenvalue weighted by atomic mass is 35.5. The van der Waals surface area contributed by atoms with Crippen LogP contribution in [0.2, 0.25) is 5.02 Å². The average molecular weight is 358 g/mol. The normalized spacial score (nSPS) is 10.3. The maximum absolute atomic E-state index is 12.9. The number of pyridine rings is 1. The molecule has 126 valence electrons. The molecule has 0 aliphatic heterocycles. The predicted molar refractivity (Wildman–Crippen MR) is 93.0 cm³/mol. The zero-order valence-corrected chi connectivity index (χ0v) is 13.7. The summed E-state index contributed by atoms with van der Waals surface area (Å²) < 4.78 is 12.9. The van der Waals surface area contributed by atoms with Gasteiger partial charge in [-0.3, -0.25) is 4.79 Å². The largest absolute Gasteiger partial charge is 0.364 e. The molecule has 2 aromatic heterocycles. The van der Waals surface area contributed by atoms with Gasteiger partial charge >= 0.3 is 0 Å². The number of nitrogens with zero attached hydrogens (tertiary/aromatic N) is 3. The van der Waals surface area contributed by atoms with E-state index in [1.807, 2.05) is 0 Å². The van der Waals surface area contributed by atoms with Gasteiger partial charge in [-0.2, -0.15) is 0 Å². The zero-order valence-electron chi connectivity index (χ0n) is 12.9. The molecule has 2 heterocycles. The van der Waals surface area contributed by atoms with Crippen LogP contribution in [0.25, 0.3) is 0 Å². The van der Waals surface area contributed by atoms with Crippen LogP contribution in [-0.2, 0) is 6.54 Å². The summed E-state index contributed by atoms with van der Waals surface area (Å²) in [5.41, 5.74) is 0.971. The van der Waals surface area contributed by atoms with Gasteiger partial charge in [-0.05, 0) is 29.8 Å². The molecule has 0 atom stereocenters. The molecule has 0 radical (unpaired) electrons. The highest BCUT2D eigenvalue weighted by Crippen LogP contribution is 2.14. The van der Waals surface area contributed by atoms with Gasteiger partial charge in [0.2, 0.25) is 0 Å². The van der Waals surface area contributed by atoms with Crippen LogP contribution in [0.15, 0.2) is 55.0 Å². The topological polar surface area (TPSA) is 79.8 Å². The minimum atomic E-state index is -0.454. The summed E-state index contributed by atoms with van der Waals surface area (Å²) in [6.07, 6.45) is 4.33. The first-order chi connectivity index (χ1) is 12.1. The SMILES string of the molecule is O=C(Nc1ccc(Cl)cn1)c1nccnc1NCc1ccc(F)cc1. The van der Waals surface area contributed by atoms with Gasteiger partial charge in [-0.25, -0.2) is 19.3 Å². The van der Waals surface area contributed by atoms with E-state index in [1.165, 1.54) is 30.7 Å². The average Bonchev–Trinajstić information content (AvgIpc) is 2.63. The molecule has 0 spiro atoms. The van der Waals surface area contributed by atoms with Crippen LogP contribution < -0.4 is 10.6 Å². The van der Waals surface area contributed by atoms with E-state index in [9.17, 15) is 9.18 Å². The summed E-state index contributed by atoms with van der Waals surface area (Å²) in [6.45, 7) is 0.373. The Labute approximate surface area is 148 Å². The van der Waals surface area contributed by atoms with Gasteiger partial charge in [0, 0.05) is 25.1 Å². The van der Waals surface area contributed by atoms with Crippen molar-refractivity contribution in [2.45, 2.75) is 6.54 Å². The molecule has 8 heteroatoms. The second kappa shape index (κ2) is 7.67. The third-order valence-corrected chi connectivity index (χ3v) is 3.48. The highest BCUT2D eigenvalue weighted by Gasteiger charge is 2.15. The fourth-order valence-corrected chi connectivity index (χ4v) is 2.16. The van der Waals surface area contributed by atoms with Crippen molar-refractivity contribution in [1.82, 2.24) is 15.0 Å². The maximum Gasteiger partial charge on any atom is 0.279 e. The standard InChI is InChI=1S/C17H13ClFN5O/c18-12-3-6-14(22-10-12)24-17(25)15-16(21-8-7-20-15)23-9-11-1-4-13(19)5-2-11/h1-8,10H,9H2,(H,21,23)(H,22,24,25). The van der Waals surface area contributed by atoms with Gasteiger partial charge in [0.1, 0.15) is 11.6 Å². The number of aromatic nitrogens is 3. The van der Waals surface area contributed by atoms with Crippen molar-refractivity contribution in [3.8, 4) is 0 Å². The Kier molecular flexibility index (Phi) is 5.15. The maximum atomic E-state index is 12.9. The molecule has 0 bridgehead atoms. The van der Waals surface area contributed by atoms with Crippen molar-refractivity contribution in [2.24, 2.45) is 0 Å². The number of anilines is 2. The van der Waals surface area contributed by atoms with Crippen LogP contribution in [-0.4, -0.2) is 20.9 Å². The molecule has 1 aromatic carbocycles. The second-order valence-electron chi connectivity index (χ2n) is 5.05. The highest BCUT2D eigenvalue weighted by molar-refractivity contribution is 6.30. The Balaban J connectivity index is 1.72. The molecule has 3 rings (SSSR count). The predicted octanol–water partition coefficient (Wildman–Crippen LogP) is 3.53. The molecule has 0 aliphatic carbocycles. The van der Waals surface area contributed by atoms with E-state index in [-0.39, 0.29) is 11.5 Å². The summed E-state index contributed by atoms with van der Waals surface area (Å²) >= 11 is 5.77. The summed E-state index contributed by atoms with van der Waals surface area (Å²) in [7, 11) is 0. The van der Waals surface area contributed by atoms with Crippen LogP contribution in [0.1, 0.15) is 16.1 Å². The summed E-state index contributed by atoms with van der Waals surface area (Å²) in [5, 5.41) is 6.13. The van der Waals surface area contributed by atoms with E-state index in [1.54, 1.807) is 24.3 Å². The number of nitrogens with one attached hydrogen (secondary N) is 2. The van der Waals surface area contributed by atoms with E-state index < -0.39 is 5.91 Å². The third kappa shape index (κ3) is 4.48. The van der Waals surface area contributed by atoms with Crippen molar-refractivity contribution in [1.29, 1.82) is 0 Å². The molecule has 2 N–H and O–H groups in total. The van der Waals surface area contributed by atoms with Crippen LogP contribution in [0.4, 0.5) is 16.0 Å². The molecule has 6 nitrogen and oxygen atoms in total. The van der Waals surface area contributed by atoms with Crippen molar-refractivity contribution < 1.29 is 9.18 Å². The Bertz CT molecular complexity index is 871. The molecule has 3 aromatic rings. The van der Waals surface area contributed by atoms with E-state index in [0.29, 0.717) is 23.2 Å². The van der Waals surface area contributed by atoms with Crippen LogP contribution in [0, 0.1) is 5.82 Å². The van der Waals surface area contributed by atoms with Crippen molar-refractivity contribution in [2.75, 3.05) is 10.6 Å². The summed E-state index contributed by atoms with van der Waals surface area (Å²) in [4.78, 5) is 24.6. The van der Waals surface area contributed by atoms with Gasteiger partial charge in [-0.1, -0.05) is 23.7 Å². The molecule has 0 aliphatic rings. The third-order valence-electron chi connectivity index (χ3n) is 3.26. The molecule has 0 unspecified atom stereocenters. The van der Waals surface area contributed by atoms with E-state index >= 15 is 0 Å². The molecule has 1 amide bonds. The molecule has 25 heavy (non-hydrogen) atoms. The van der Waals surface area contributed by atoms with Gasteiger partial charge in [0.15, 0.2) is 11.5 Å². The number of hydrogen-bond acceptors (Lipinski definition) is 5. The fraction of sp³-hybridized carbons (Fsp3) is 0.0588. The molecular weight excluding hydrogens is 345 g/mol. The number of halogens is 2. The fourth-order valence-electron chi connectivity index (χ4n) is 2.05. The number of benzene rings is 1. The van der Waals surface area contributed by atoms with Crippen LogP contribution in [0.5, 0.6) is 0 Å². The zero-order chi connectivity index (χ0) is 17.6. The van der Waals surface area contributed by atoms with E-state index in [0.717, 1.165) is 5.56 Å². The van der Waals surface area contributed by atoms with Crippen molar-refractivity contribution in [3.05, 3.63) is 77.1 Å². The second-order valence-corrected chi connectivity index (χ2v) is 5.49. The van der Waals surface area contributed by atoms with E-state index in [4.69, 9.17) is 11.6 Å². The lowest BCUT2D eigenvalue weighted by Crippen LogP contribution is -2.18. The van der Waals surface area contributed by atoms with Gasteiger partial charge < -0.3 is 10.6 Å². The Morgan fingerprint density at radius 3 is 2.52 bits per heavy atom. The number of hydrogen-bond donors (Lipinski definition) is 2. The van der Waals surface area contributed by atoms with Crippen LogP contribution >= 0.6 is 11.6 Å². The summed E-state index contributed by atoms with van der Waals surface area (Å²) in [5.74, 6) is -0.0915. The molecular formula is C17H13ClFN5O. The summed E-state index contributed by atoms with van der Waals surface area (Å²) in [6, 6.07) is 9.24. The monoisotopic (exact) mass is 357 g/mol. The molecule has 0 fully saturated rings. The number of amides is 1. The minimum Gasteiger partial charge on any atom is -0.364 e. The van der Waals surface area contributed by atoms with Gasteiger partial charge in [0.05, 0.1) is 5.02 Å². The lowest BCUT2D eigenvalue weighted by Gasteiger charge is -2.10. The lowest BCUT2D eigenvalue weighted by atomic mass is 10.2. The lowest BCUT2D eigenvalue weighted by molar-refractivity contribution is 0.102. The molecule has 0 saturated carbocycles. The smallest absolute Gasteiger partial charge is 0.279 e. The van der Waals surface area contributed by atoms with Crippen molar-refractivity contribution >= 4 is 29.1 Å². The van der Waals surface area contributed by atoms with Gasteiger partial charge in [0.25, 0.3) is 5.91 Å². The number of rotatable bonds is 5. The van der Waals surface area contributed by atoms with Crippen molar-refractivity contribution in [3.63, 3.8) is 0 Å². The first-order valence-electron chi connectivity index (χ1n) is 7.34. The number of carbonyl (C=O) groups is 1. The quantitative estimate of drug-likeness (QED) is 0.730. The Hall–Kier alpha value is -3.06. The number of carbonyl (C=O) groups excluding carboxylic acids is 1. The Morgan fingerprint density at radius 2 is 1.80 bits per heavy atom. The Morgan fingerprint density at radius 1 is 1.04 bits per heavy atom. The molecule has 0 saturated heterocycles. The van der Waals surface area contributed by atoms with Gasteiger partial charge in [-0.15, -0.1) is 0 Å². The minimum absolute atomic E-state index is 0.126.